The fraction of sp³-hybridized carbons (Fsp3) is 0.462. The van der Waals surface area contributed by atoms with Crippen molar-refractivity contribution in [2.45, 2.75) is 32.7 Å². The summed E-state index contributed by atoms with van der Waals surface area (Å²) in [6.07, 6.45) is 4.71. The van der Waals surface area contributed by atoms with Gasteiger partial charge in [0.05, 0.1) is 0 Å². The van der Waals surface area contributed by atoms with Gasteiger partial charge in [-0.1, -0.05) is 13.8 Å². The Bertz CT molecular complexity index is 522. The Morgan fingerprint density at radius 2 is 2.10 bits per heavy atom. The van der Waals surface area contributed by atoms with E-state index in [1.165, 1.54) is 0 Å². The van der Waals surface area contributed by atoms with E-state index >= 15 is 0 Å². The highest BCUT2D eigenvalue weighted by Gasteiger charge is 2.07. The first-order valence-corrected chi connectivity index (χ1v) is 6.76. The molecule has 0 aliphatic heterocycles. The number of rotatable bonds is 7. The third-order valence-corrected chi connectivity index (χ3v) is 2.84. The summed E-state index contributed by atoms with van der Waals surface area (Å²) in [5, 5.41) is 7.45. The van der Waals surface area contributed by atoms with E-state index in [9.17, 15) is 0 Å². The number of aryl methyl sites for hydroxylation is 1. The Morgan fingerprint density at radius 3 is 2.75 bits per heavy atom. The van der Waals surface area contributed by atoms with Crippen molar-refractivity contribution in [3.8, 4) is 0 Å². The van der Waals surface area contributed by atoms with Crippen LogP contribution in [0.1, 0.15) is 32.0 Å². The highest BCUT2D eigenvalue weighted by Crippen LogP contribution is 2.16. The molecule has 0 bridgehead atoms. The topological polar surface area (TPSA) is 93.7 Å². The van der Waals surface area contributed by atoms with E-state index in [2.05, 4.69) is 39.7 Å². The van der Waals surface area contributed by atoms with Crippen LogP contribution in [0.3, 0.4) is 0 Å². The summed E-state index contributed by atoms with van der Waals surface area (Å²) >= 11 is 0. The van der Waals surface area contributed by atoms with E-state index in [1.807, 2.05) is 16.9 Å². The molecule has 0 aliphatic rings. The second-order valence-electron chi connectivity index (χ2n) is 4.85. The first-order chi connectivity index (χ1) is 9.69. The summed E-state index contributed by atoms with van der Waals surface area (Å²) in [5.74, 6) is 7.87. The number of anilines is 2. The Kier molecular flexibility index (Phi) is 4.89. The fourth-order valence-corrected chi connectivity index (χ4v) is 1.78. The van der Waals surface area contributed by atoms with Crippen molar-refractivity contribution in [1.82, 2.24) is 19.7 Å². The Balaban J connectivity index is 1.89. The Hall–Kier alpha value is -2.15. The summed E-state index contributed by atoms with van der Waals surface area (Å²) in [4.78, 5) is 8.79. The molecule has 0 fully saturated rings. The van der Waals surface area contributed by atoms with E-state index in [0.29, 0.717) is 5.82 Å². The van der Waals surface area contributed by atoms with E-state index in [4.69, 9.17) is 5.84 Å². The van der Waals surface area contributed by atoms with E-state index in [0.717, 1.165) is 31.2 Å². The minimum atomic E-state index is 0.257. The van der Waals surface area contributed by atoms with Crippen LogP contribution in [0.2, 0.25) is 0 Å². The van der Waals surface area contributed by atoms with Crippen molar-refractivity contribution >= 4 is 11.6 Å². The van der Waals surface area contributed by atoms with Crippen molar-refractivity contribution in [2.75, 3.05) is 17.3 Å². The standard InChI is InChI=1S/C13H21N7/c1-10(2)13-17-11(9-12(18-13)19-14)15-5-3-7-20-8-4-6-16-20/h4,6,8-10H,3,5,7,14H2,1-2H3,(H2,15,17,18,19). The minimum Gasteiger partial charge on any atom is -0.370 e. The van der Waals surface area contributed by atoms with E-state index in [1.54, 1.807) is 12.3 Å². The van der Waals surface area contributed by atoms with Crippen LogP contribution in [0.25, 0.3) is 0 Å². The number of aromatic nitrogens is 4. The van der Waals surface area contributed by atoms with Crippen LogP contribution < -0.4 is 16.6 Å². The lowest BCUT2D eigenvalue weighted by Gasteiger charge is -2.11. The number of nitrogens with zero attached hydrogens (tertiary/aromatic N) is 4. The quantitative estimate of drug-likeness (QED) is 0.403. The van der Waals surface area contributed by atoms with Gasteiger partial charge < -0.3 is 10.7 Å². The van der Waals surface area contributed by atoms with Crippen molar-refractivity contribution in [3.05, 3.63) is 30.4 Å². The van der Waals surface area contributed by atoms with Gasteiger partial charge in [0, 0.05) is 37.5 Å². The molecule has 0 unspecified atom stereocenters. The maximum atomic E-state index is 5.43. The van der Waals surface area contributed by atoms with Gasteiger partial charge in [-0.3, -0.25) is 4.68 Å². The normalized spacial score (nSPS) is 10.8. The molecular weight excluding hydrogens is 254 g/mol. The average Bonchev–Trinajstić information content (AvgIpc) is 2.96. The summed E-state index contributed by atoms with van der Waals surface area (Å²) in [6, 6.07) is 3.73. The molecular formula is C13H21N7. The largest absolute Gasteiger partial charge is 0.370 e. The molecule has 108 valence electrons. The summed E-state index contributed by atoms with van der Waals surface area (Å²) in [6.45, 7) is 5.80. The van der Waals surface area contributed by atoms with Gasteiger partial charge in [-0.2, -0.15) is 5.10 Å². The van der Waals surface area contributed by atoms with Crippen molar-refractivity contribution in [2.24, 2.45) is 5.84 Å². The number of hydrazine groups is 1. The fourth-order valence-electron chi connectivity index (χ4n) is 1.78. The number of hydrogen-bond donors (Lipinski definition) is 3. The number of nitrogens with one attached hydrogen (secondary N) is 2. The van der Waals surface area contributed by atoms with Gasteiger partial charge >= 0.3 is 0 Å². The number of nitrogen functional groups attached to an aromatic ring is 1. The third kappa shape index (κ3) is 3.92. The Morgan fingerprint density at radius 1 is 1.30 bits per heavy atom. The van der Waals surface area contributed by atoms with Gasteiger partial charge in [0.15, 0.2) is 0 Å². The smallest absolute Gasteiger partial charge is 0.145 e. The maximum absolute atomic E-state index is 5.43. The molecule has 2 aromatic rings. The zero-order valence-corrected chi connectivity index (χ0v) is 11.9. The highest BCUT2D eigenvalue weighted by molar-refractivity contribution is 5.47. The van der Waals surface area contributed by atoms with Crippen LogP contribution in [0, 0.1) is 0 Å². The molecule has 7 nitrogen and oxygen atoms in total. The molecule has 0 atom stereocenters. The predicted octanol–water partition coefficient (Wildman–Crippen LogP) is 1.58. The van der Waals surface area contributed by atoms with Gasteiger partial charge in [-0.25, -0.2) is 15.8 Å². The van der Waals surface area contributed by atoms with Crippen LogP contribution in [-0.2, 0) is 6.54 Å². The van der Waals surface area contributed by atoms with Gasteiger partial charge in [0.2, 0.25) is 0 Å². The van der Waals surface area contributed by atoms with Crippen LogP contribution in [0.4, 0.5) is 11.6 Å². The van der Waals surface area contributed by atoms with E-state index < -0.39 is 0 Å². The summed E-state index contributed by atoms with van der Waals surface area (Å²) < 4.78 is 1.91. The van der Waals surface area contributed by atoms with Crippen LogP contribution in [0.5, 0.6) is 0 Å². The molecule has 7 heteroatoms. The summed E-state index contributed by atoms with van der Waals surface area (Å²) in [7, 11) is 0. The second-order valence-corrected chi connectivity index (χ2v) is 4.85. The molecule has 0 spiro atoms. The maximum Gasteiger partial charge on any atom is 0.145 e. The van der Waals surface area contributed by atoms with Gasteiger partial charge in [0.1, 0.15) is 17.5 Å². The Labute approximate surface area is 118 Å². The lowest BCUT2D eigenvalue weighted by Crippen LogP contribution is -2.14. The molecule has 0 saturated carbocycles. The minimum absolute atomic E-state index is 0.257. The number of hydrogen-bond acceptors (Lipinski definition) is 6. The zero-order valence-electron chi connectivity index (χ0n) is 11.9. The second kappa shape index (κ2) is 6.85. The zero-order chi connectivity index (χ0) is 14.4. The first kappa shape index (κ1) is 14.3. The van der Waals surface area contributed by atoms with E-state index in [-0.39, 0.29) is 5.92 Å². The molecule has 2 heterocycles. The van der Waals surface area contributed by atoms with Gasteiger partial charge in [-0.15, -0.1) is 0 Å². The van der Waals surface area contributed by atoms with Crippen molar-refractivity contribution in [3.63, 3.8) is 0 Å². The number of nitrogens with two attached hydrogens (primary N) is 1. The first-order valence-electron chi connectivity index (χ1n) is 6.76. The molecule has 20 heavy (non-hydrogen) atoms. The SMILES string of the molecule is CC(C)c1nc(NN)cc(NCCCn2cccn2)n1. The predicted molar refractivity (Wildman–Crippen MR) is 79.3 cm³/mol. The molecule has 2 aromatic heterocycles. The molecule has 0 aliphatic carbocycles. The lowest BCUT2D eigenvalue weighted by molar-refractivity contribution is 0.591. The monoisotopic (exact) mass is 275 g/mol. The van der Waals surface area contributed by atoms with Gasteiger partial charge in [-0.05, 0) is 12.5 Å². The highest BCUT2D eigenvalue weighted by atomic mass is 15.3. The molecule has 2 rings (SSSR count). The van der Waals surface area contributed by atoms with Crippen molar-refractivity contribution < 1.29 is 0 Å². The van der Waals surface area contributed by atoms with Gasteiger partial charge in [0.25, 0.3) is 0 Å². The average molecular weight is 275 g/mol. The van der Waals surface area contributed by atoms with Crippen molar-refractivity contribution in [1.29, 1.82) is 0 Å². The third-order valence-electron chi connectivity index (χ3n) is 2.84. The lowest BCUT2D eigenvalue weighted by atomic mass is 10.2. The van der Waals surface area contributed by atoms with Crippen LogP contribution in [0.15, 0.2) is 24.5 Å². The molecule has 0 amide bonds. The van der Waals surface area contributed by atoms with Crippen LogP contribution in [-0.4, -0.2) is 26.3 Å². The molecule has 0 saturated heterocycles. The summed E-state index contributed by atoms with van der Waals surface area (Å²) in [5.41, 5.74) is 2.57. The van der Waals surface area contributed by atoms with Crippen LogP contribution >= 0.6 is 0 Å². The molecule has 4 N–H and O–H groups in total. The molecule has 0 aromatic carbocycles. The molecule has 0 radical (unpaired) electrons.